The first-order valence-electron chi connectivity index (χ1n) is 8.29. The molecule has 3 aromatic rings. The second-order valence-corrected chi connectivity index (χ2v) is 5.97. The first-order valence-corrected chi connectivity index (χ1v) is 8.29. The van der Waals surface area contributed by atoms with Crippen LogP contribution in [-0.2, 0) is 17.8 Å². The molecule has 26 heavy (non-hydrogen) atoms. The predicted octanol–water partition coefficient (Wildman–Crippen LogP) is 2.71. The van der Waals surface area contributed by atoms with Crippen molar-refractivity contribution in [3.8, 4) is 11.3 Å². The average Bonchev–Trinajstić information content (AvgIpc) is 2.68. The average molecular weight is 348 g/mol. The number of nitrogens with one attached hydrogen (secondary N) is 1. The van der Waals surface area contributed by atoms with Gasteiger partial charge in [0.05, 0.1) is 18.1 Å². The summed E-state index contributed by atoms with van der Waals surface area (Å²) in [5, 5.41) is 12.1. The highest BCUT2D eigenvalue weighted by atomic mass is 16.4. The molecule has 0 saturated heterocycles. The van der Waals surface area contributed by atoms with Gasteiger partial charge in [-0.3, -0.25) is 9.78 Å². The Morgan fingerprint density at radius 2 is 1.73 bits per heavy atom. The molecule has 0 spiro atoms. The predicted molar refractivity (Wildman–Crippen MR) is 101 cm³/mol. The number of aliphatic carboxylic acids is 1. The standard InChI is InChI=1S/C20H20N4O2/c21-17(20(25)26)10-14-6-8-16(9-7-14)18-12-24-19(13-22-18)23-11-15-4-2-1-3-5-15/h1-9,12-13,17H,10-11,21H2,(H,23,24)(H,25,26). The zero-order chi connectivity index (χ0) is 18.4. The number of carboxylic acids is 1. The third-order valence-electron chi connectivity index (χ3n) is 3.99. The number of nitrogens with zero attached hydrogens (tertiary/aromatic N) is 2. The number of hydrogen-bond donors (Lipinski definition) is 3. The first kappa shape index (κ1) is 17.6. The molecule has 3 rings (SSSR count). The Labute approximate surface area is 151 Å². The molecule has 0 aliphatic rings. The molecule has 6 heteroatoms. The second kappa shape index (κ2) is 8.22. The van der Waals surface area contributed by atoms with Gasteiger partial charge in [-0.15, -0.1) is 0 Å². The van der Waals surface area contributed by atoms with E-state index in [9.17, 15) is 4.79 Å². The van der Waals surface area contributed by atoms with Gasteiger partial charge < -0.3 is 16.2 Å². The van der Waals surface area contributed by atoms with Crippen LogP contribution in [0.1, 0.15) is 11.1 Å². The molecule has 0 aliphatic carbocycles. The SMILES string of the molecule is NC(Cc1ccc(-c2cnc(NCc3ccccc3)cn2)cc1)C(=O)O. The van der Waals surface area contributed by atoms with Gasteiger partial charge in [-0.1, -0.05) is 54.6 Å². The number of hydrogen-bond acceptors (Lipinski definition) is 5. The van der Waals surface area contributed by atoms with Crippen LogP contribution in [0.4, 0.5) is 5.82 Å². The Morgan fingerprint density at radius 3 is 2.35 bits per heavy atom. The monoisotopic (exact) mass is 348 g/mol. The van der Waals surface area contributed by atoms with Crippen molar-refractivity contribution in [2.75, 3.05) is 5.32 Å². The van der Waals surface area contributed by atoms with E-state index in [1.165, 1.54) is 5.56 Å². The van der Waals surface area contributed by atoms with Gasteiger partial charge in [0.25, 0.3) is 0 Å². The van der Waals surface area contributed by atoms with Crippen LogP contribution in [0.3, 0.4) is 0 Å². The summed E-state index contributed by atoms with van der Waals surface area (Å²) in [4.78, 5) is 19.6. The molecule has 2 aromatic carbocycles. The first-order chi connectivity index (χ1) is 12.6. The zero-order valence-electron chi connectivity index (χ0n) is 14.2. The molecular formula is C20H20N4O2. The fraction of sp³-hybridized carbons (Fsp3) is 0.150. The quantitative estimate of drug-likeness (QED) is 0.607. The van der Waals surface area contributed by atoms with Crippen molar-refractivity contribution < 1.29 is 9.90 Å². The Balaban J connectivity index is 1.62. The lowest BCUT2D eigenvalue weighted by Gasteiger charge is -2.08. The zero-order valence-corrected chi connectivity index (χ0v) is 14.2. The second-order valence-electron chi connectivity index (χ2n) is 5.97. The minimum atomic E-state index is -1.00. The number of carbonyl (C=O) groups is 1. The minimum Gasteiger partial charge on any atom is -0.480 e. The third-order valence-corrected chi connectivity index (χ3v) is 3.99. The smallest absolute Gasteiger partial charge is 0.320 e. The lowest BCUT2D eigenvalue weighted by molar-refractivity contribution is -0.138. The van der Waals surface area contributed by atoms with Crippen LogP contribution in [0.2, 0.25) is 0 Å². The maximum atomic E-state index is 10.8. The molecule has 1 atom stereocenters. The molecule has 0 bridgehead atoms. The number of benzene rings is 2. The molecule has 4 N–H and O–H groups in total. The van der Waals surface area contributed by atoms with E-state index in [4.69, 9.17) is 10.8 Å². The summed E-state index contributed by atoms with van der Waals surface area (Å²) in [7, 11) is 0. The Morgan fingerprint density at radius 1 is 1.00 bits per heavy atom. The highest BCUT2D eigenvalue weighted by molar-refractivity contribution is 5.73. The summed E-state index contributed by atoms with van der Waals surface area (Å²) >= 11 is 0. The Hall–Kier alpha value is -3.25. The van der Waals surface area contributed by atoms with Crippen LogP contribution in [0.15, 0.2) is 67.0 Å². The maximum absolute atomic E-state index is 10.8. The lowest BCUT2D eigenvalue weighted by atomic mass is 10.0. The van der Waals surface area contributed by atoms with Crippen molar-refractivity contribution in [1.82, 2.24) is 9.97 Å². The van der Waals surface area contributed by atoms with Gasteiger partial charge in [0, 0.05) is 12.1 Å². The summed E-state index contributed by atoms with van der Waals surface area (Å²) < 4.78 is 0. The van der Waals surface area contributed by atoms with Crippen molar-refractivity contribution in [3.63, 3.8) is 0 Å². The highest BCUT2D eigenvalue weighted by Gasteiger charge is 2.12. The summed E-state index contributed by atoms with van der Waals surface area (Å²) in [6.45, 7) is 0.688. The van der Waals surface area contributed by atoms with Crippen LogP contribution in [-0.4, -0.2) is 27.1 Å². The summed E-state index contributed by atoms with van der Waals surface area (Å²) in [6.07, 6.45) is 3.71. The van der Waals surface area contributed by atoms with Gasteiger partial charge in [0.15, 0.2) is 0 Å². The largest absolute Gasteiger partial charge is 0.480 e. The van der Waals surface area contributed by atoms with E-state index < -0.39 is 12.0 Å². The van der Waals surface area contributed by atoms with Crippen molar-refractivity contribution in [2.24, 2.45) is 5.73 Å². The van der Waals surface area contributed by atoms with Gasteiger partial charge in [0.1, 0.15) is 11.9 Å². The molecule has 0 aliphatic heterocycles. The molecule has 1 aromatic heterocycles. The number of nitrogens with two attached hydrogens (primary N) is 1. The van der Waals surface area contributed by atoms with Crippen LogP contribution < -0.4 is 11.1 Å². The Kier molecular flexibility index (Phi) is 5.56. The van der Waals surface area contributed by atoms with Gasteiger partial charge in [0.2, 0.25) is 0 Å². The maximum Gasteiger partial charge on any atom is 0.320 e. The molecule has 0 fully saturated rings. The van der Waals surface area contributed by atoms with E-state index in [1.54, 1.807) is 12.4 Å². The number of carboxylic acid groups (broad SMARTS) is 1. The van der Waals surface area contributed by atoms with Gasteiger partial charge >= 0.3 is 5.97 Å². The van der Waals surface area contributed by atoms with Crippen LogP contribution in [0.25, 0.3) is 11.3 Å². The van der Waals surface area contributed by atoms with Crippen molar-refractivity contribution in [1.29, 1.82) is 0 Å². The van der Waals surface area contributed by atoms with Crippen molar-refractivity contribution >= 4 is 11.8 Å². The van der Waals surface area contributed by atoms with E-state index in [-0.39, 0.29) is 0 Å². The van der Waals surface area contributed by atoms with E-state index in [2.05, 4.69) is 15.3 Å². The molecule has 1 unspecified atom stereocenters. The van der Waals surface area contributed by atoms with Gasteiger partial charge in [-0.2, -0.15) is 0 Å². The normalized spacial score (nSPS) is 11.7. The molecule has 1 heterocycles. The van der Waals surface area contributed by atoms with Gasteiger partial charge in [-0.05, 0) is 17.5 Å². The summed E-state index contributed by atoms with van der Waals surface area (Å²) in [5.41, 5.74) is 9.27. The van der Waals surface area contributed by atoms with Crippen molar-refractivity contribution in [2.45, 2.75) is 19.0 Å². The minimum absolute atomic E-state index is 0.295. The number of aromatic nitrogens is 2. The van der Waals surface area contributed by atoms with E-state index in [0.717, 1.165) is 16.8 Å². The summed E-state index contributed by atoms with van der Waals surface area (Å²) in [5.74, 6) is -0.291. The van der Waals surface area contributed by atoms with Gasteiger partial charge in [-0.25, -0.2) is 4.98 Å². The van der Waals surface area contributed by atoms with E-state index >= 15 is 0 Å². The molecule has 0 amide bonds. The van der Waals surface area contributed by atoms with Crippen LogP contribution in [0.5, 0.6) is 0 Å². The summed E-state index contributed by atoms with van der Waals surface area (Å²) in [6, 6.07) is 16.7. The Bertz CT molecular complexity index is 849. The van der Waals surface area contributed by atoms with Crippen molar-refractivity contribution in [3.05, 3.63) is 78.1 Å². The van der Waals surface area contributed by atoms with E-state index in [0.29, 0.717) is 18.8 Å². The highest BCUT2D eigenvalue weighted by Crippen LogP contribution is 2.18. The molecular weight excluding hydrogens is 328 g/mol. The van der Waals surface area contributed by atoms with Crippen LogP contribution in [0, 0.1) is 0 Å². The molecule has 132 valence electrons. The molecule has 0 radical (unpaired) electrons. The number of rotatable bonds is 7. The fourth-order valence-corrected chi connectivity index (χ4v) is 2.51. The molecule has 6 nitrogen and oxygen atoms in total. The lowest BCUT2D eigenvalue weighted by Crippen LogP contribution is -2.32. The third kappa shape index (κ3) is 4.64. The van der Waals surface area contributed by atoms with Crippen LogP contribution >= 0.6 is 0 Å². The topological polar surface area (TPSA) is 101 Å². The molecule has 0 saturated carbocycles. The number of anilines is 1. The van der Waals surface area contributed by atoms with E-state index in [1.807, 2.05) is 54.6 Å². The fourth-order valence-electron chi connectivity index (χ4n) is 2.51.